The predicted octanol–water partition coefficient (Wildman–Crippen LogP) is 1.18. The highest BCUT2D eigenvalue weighted by atomic mass is 19.1. The Labute approximate surface area is 116 Å². The lowest BCUT2D eigenvalue weighted by molar-refractivity contribution is -0.314. The van der Waals surface area contributed by atoms with Gasteiger partial charge in [-0.25, -0.2) is 4.39 Å². The Morgan fingerprint density at radius 2 is 1.70 bits per heavy atom. The standard InChI is InChI=1S/C15H16FNO3/c16-10-3-5-11(6-4-10)17-14(18)12-8-1-2-9(7-8)13(12)15(19)20/h3-6,8-9,12-13H,1-2,7H2,(H,17,18)(H,19,20)/p-1/t8-,9-,12-,13-/m0/s1. The van der Waals surface area contributed by atoms with Gasteiger partial charge in [-0.15, -0.1) is 0 Å². The maximum Gasteiger partial charge on any atom is 0.228 e. The van der Waals surface area contributed by atoms with Crippen LogP contribution in [0.1, 0.15) is 19.3 Å². The number of anilines is 1. The number of benzene rings is 1. The first-order chi connectivity index (χ1) is 9.56. The molecule has 2 aliphatic carbocycles. The van der Waals surface area contributed by atoms with E-state index >= 15 is 0 Å². The zero-order chi connectivity index (χ0) is 14.3. The molecule has 0 unspecified atom stereocenters. The fourth-order valence-corrected chi connectivity index (χ4v) is 3.77. The van der Waals surface area contributed by atoms with Gasteiger partial charge in [-0.1, -0.05) is 0 Å². The van der Waals surface area contributed by atoms with Gasteiger partial charge in [-0.2, -0.15) is 0 Å². The third-order valence-corrected chi connectivity index (χ3v) is 4.60. The Bertz CT molecular complexity index is 543. The molecule has 2 fully saturated rings. The smallest absolute Gasteiger partial charge is 0.228 e. The molecule has 1 aromatic rings. The molecule has 0 spiro atoms. The topological polar surface area (TPSA) is 69.2 Å². The van der Waals surface area contributed by atoms with Crippen LogP contribution < -0.4 is 10.4 Å². The van der Waals surface area contributed by atoms with Gasteiger partial charge in [0.1, 0.15) is 5.82 Å². The minimum atomic E-state index is -1.13. The quantitative estimate of drug-likeness (QED) is 0.901. The number of carboxylic acids is 1. The van der Waals surface area contributed by atoms with Crippen molar-refractivity contribution in [2.75, 3.05) is 5.32 Å². The number of carbonyl (C=O) groups is 2. The first kappa shape index (κ1) is 13.1. The van der Waals surface area contributed by atoms with Crippen molar-refractivity contribution in [2.45, 2.75) is 19.3 Å². The largest absolute Gasteiger partial charge is 0.550 e. The summed E-state index contributed by atoms with van der Waals surface area (Å²) in [5.74, 6) is -2.82. The van der Waals surface area contributed by atoms with E-state index in [0.29, 0.717) is 5.69 Å². The maximum atomic E-state index is 12.8. The second kappa shape index (κ2) is 4.89. The first-order valence-corrected chi connectivity index (χ1v) is 6.83. The molecule has 0 heterocycles. The third kappa shape index (κ3) is 2.17. The van der Waals surface area contributed by atoms with Crippen molar-refractivity contribution >= 4 is 17.6 Å². The summed E-state index contributed by atoms with van der Waals surface area (Å²) in [6.07, 6.45) is 2.56. The SMILES string of the molecule is O=C([O-])[C@H]1[C@H]2CC[C@@H](C2)[C@@H]1C(=O)Nc1ccc(F)cc1. The Balaban J connectivity index is 1.76. The van der Waals surface area contributed by atoms with Crippen LogP contribution in [0.15, 0.2) is 24.3 Å². The first-order valence-electron chi connectivity index (χ1n) is 6.83. The fraction of sp³-hybridized carbons (Fsp3) is 0.467. The van der Waals surface area contributed by atoms with Crippen LogP contribution in [0.25, 0.3) is 0 Å². The van der Waals surface area contributed by atoms with Gasteiger partial charge < -0.3 is 15.2 Å². The lowest BCUT2D eigenvalue weighted by atomic mass is 9.78. The summed E-state index contributed by atoms with van der Waals surface area (Å²) in [5.41, 5.74) is 0.483. The molecule has 1 N–H and O–H groups in total. The molecule has 2 saturated carbocycles. The summed E-state index contributed by atoms with van der Waals surface area (Å²) in [7, 11) is 0. The number of rotatable bonds is 3. The lowest BCUT2D eigenvalue weighted by Gasteiger charge is -2.30. The van der Waals surface area contributed by atoms with E-state index in [2.05, 4.69) is 5.32 Å². The van der Waals surface area contributed by atoms with Crippen LogP contribution in [-0.4, -0.2) is 11.9 Å². The van der Waals surface area contributed by atoms with Gasteiger partial charge in [0.2, 0.25) is 5.91 Å². The molecule has 2 aliphatic rings. The second-order valence-corrected chi connectivity index (χ2v) is 5.70. The van der Waals surface area contributed by atoms with Gasteiger partial charge in [0.15, 0.2) is 0 Å². The summed E-state index contributed by atoms with van der Waals surface area (Å²) < 4.78 is 12.8. The Morgan fingerprint density at radius 1 is 1.10 bits per heavy atom. The fourth-order valence-electron chi connectivity index (χ4n) is 3.77. The number of hydrogen-bond donors (Lipinski definition) is 1. The van der Waals surface area contributed by atoms with Gasteiger partial charge >= 0.3 is 0 Å². The normalized spacial score (nSPS) is 31.2. The van der Waals surface area contributed by atoms with Crippen molar-refractivity contribution in [3.8, 4) is 0 Å². The summed E-state index contributed by atoms with van der Waals surface area (Å²) in [5, 5.41) is 13.9. The van der Waals surface area contributed by atoms with Crippen LogP contribution in [0.5, 0.6) is 0 Å². The third-order valence-electron chi connectivity index (χ3n) is 4.60. The van der Waals surface area contributed by atoms with Crippen LogP contribution in [0.3, 0.4) is 0 Å². The zero-order valence-corrected chi connectivity index (χ0v) is 10.8. The van der Waals surface area contributed by atoms with Gasteiger partial charge in [-0.3, -0.25) is 4.79 Å². The lowest BCUT2D eigenvalue weighted by Crippen LogP contribution is -2.43. The van der Waals surface area contributed by atoms with Crippen LogP contribution in [0.4, 0.5) is 10.1 Å². The van der Waals surface area contributed by atoms with Gasteiger partial charge in [0.05, 0.1) is 0 Å². The molecule has 0 aliphatic heterocycles. The van der Waals surface area contributed by atoms with Crippen molar-refractivity contribution < 1.29 is 19.1 Å². The molecule has 0 radical (unpaired) electrons. The molecular formula is C15H15FNO3-. The van der Waals surface area contributed by atoms with Crippen molar-refractivity contribution in [3.63, 3.8) is 0 Å². The number of nitrogens with one attached hydrogen (secondary N) is 1. The number of carbonyl (C=O) groups excluding carboxylic acids is 2. The van der Waals surface area contributed by atoms with Crippen molar-refractivity contribution in [2.24, 2.45) is 23.7 Å². The average Bonchev–Trinajstić information content (AvgIpc) is 3.01. The van der Waals surface area contributed by atoms with Gasteiger partial charge in [-0.05, 0) is 55.4 Å². The van der Waals surface area contributed by atoms with Gasteiger partial charge in [0.25, 0.3) is 0 Å². The van der Waals surface area contributed by atoms with Crippen molar-refractivity contribution in [1.29, 1.82) is 0 Å². The molecule has 5 heteroatoms. The van der Waals surface area contributed by atoms with Crippen LogP contribution in [0.2, 0.25) is 0 Å². The number of fused-ring (bicyclic) bond motifs is 2. The highest BCUT2D eigenvalue weighted by molar-refractivity contribution is 5.95. The summed E-state index contributed by atoms with van der Waals surface area (Å²) in [6, 6.07) is 5.45. The summed E-state index contributed by atoms with van der Waals surface area (Å²) in [6.45, 7) is 0. The summed E-state index contributed by atoms with van der Waals surface area (Å²) >= 11 is 0. The zero-order valence-electron chi connectivity index (χ0n) is 10.8. The molecule has 0 aromatic heterocycles. The number of carboxylic acid groups (broad SMARTS) is 1. The Hall–Kier alpha value is -1.91. The molecule has 20 heavy (non-hydrogen) atoms. The van der Waals surface area contributed by atoms with Crippen LogP contribution >= 0.6 is 0 Å². The molecule has 106 valence electrons. The molecule has 0 saturated heterocycles. The number of amides is 1. The summed E-state index contributed by atoms with van der Waals surface area (Å²) in [4.78, 5) is 23.6. The molecule has 3 rings (SSSR count). The van der Waals surface area contributed by atoms with Crippen LogP contribution in [0, 0.1) is 29.5 Å². The van der Waals surface area contributed by atoms with Crippen molar-refractivity contribution in [3.05, 3.63) is 30.1 Å². The maximum absolute atomic E-state index is 12.8. The van der Waals surface area contributed by atoms with E-state index in [1.165, 1.54) is 24.3 Å². The number of halogens is 1. The predicted molar refractivity (Wildman–Crippen MR) is 67.8 cm³/mol. The van der Waals surface area contributed by atoms with E-state index in [1.807, 2.05) is 0 Å². The minimum absolute atomic E-state index is 0.0639. The minimum Gasteiger partial charge on any atom is -0.550 e. The molecule has 4 nitrogen and oxygen atoms in total. The van der Waals surface area contributed by atoms with E-state index in [1.54, 1.807) is 0 Å². The molecular weight excluding hydrogens is 261 g/mol. The molecule has 4 atom stereocenters. The molecule has 1 aromatic carbocycles. The molecule has 2 bridgehead atoms. The van der Waals surface area contributed by atoms with Gasteiger partial charge in [0, 0.05) is 23.5 Å². The monoisotopic (exact) mass is 276 g/mol. The van der Waals surface area contributed by atoms with E-state index < -0.39 is 17.8 Å². The highest BCUT2D eigenvalue weighted by Crippen LogP contribution is 2.52. The van der Waals surface area contributed by atoms with Crippen molar-refractivity contribution in [1.82, 2.24) is 0 Å². The number of aliphatic carboxylic acids is 1. The number of hydrogen-bond acceptors (Lipinski definition) is 3. The van der Waals surface area contributed by atoms with Crippen LogP contribution in [-0.2, 0) is 9.59 Å². The van der Waals surface area contributed by atoms with E-state index in [0.717, 1.165) is 19.3 Å². The van der Waals surface area contributed by atoms with E-state index in [-0.39, 0.29) is 23.6 Å². The Morgan fingerprint density at radius 3 is 2.30 bits per heavy atom. The van der Waals surface area contributed by atoms with E-state index in [4.69, 9.17) is 0 Å². The molecule has 1 amide bonds. The highest BCUT2D eigenvalue weighted by Gasteiger charge is 2.51. The Kier molecular flexibility index (Phi) is 3.20. The second-order valence-electron chi connectivity index (χ2n) is 5.70. The average molecular weight is 276 g/mol. The van der Waals surface area contributed by atoms with E-state index in [9.17, 15) is 19.1 Å².